The SMILES string of the molecule is CC1CCCC(NC2CCCCC2CN)C1. The number of nitrogens with two attached hydrogens (primary N) is 1. The van der Waals surface area contributed by atoms with Crippen LogP contribution in [0.2, 0.25) is 0 Å². The Balaban J connectivity index is 1.82. The van der Waals surface area contributed by atoms with Crippen LogP contribution in [0.3, 0.4) is 0 Å². The minimum absolute atomic E-state index is 0.717. The normalized spacial score (nSPS) is 40.9. The van der Waals surface area contributed by atoms with E-state index >= 15 is 0 Å². The molecule has 0 saturated heterocycles. The molecule has 2 heteroatoms. The van der Waals surface area contributed by atoms with Gasteiger partial charge >= 0.3 is 0 Å². The van der Waals surface area contributed by atoms with Crippen molar-refractivity contribution in [3.63, 3.8) is 0 Å². The van der Waals surface area contributed by atoms with Gasteiger partial charge in [-0.1, -0.05) is 32.6 Å². The van der Waals surface area contributed by atoms with Crippen LogP contribution in [0, 0.1) is 11.8 Å². The maximum Gasteiger partial charge on any atom is 0.0110 e. The van der Waals surface area contributed by atoms with E-state index in [-0.39, 0.29) is 0 Å². The van der Waals surface area contributed by atoms with Crippen molar-refractivity contribution in [2.75, 3.05) is 6.54 Å². The average molecular weight is 224 g/mol. The Labute approximate surface area is 100 Å². The summed E-state index contributed by atoms with van der Waals surface area (Å²) >= 11 is 0. The number of hydrogen-bond donors (Lipinski definition) is 2. The van der Waals surface area contributed by atoms with Gasteiger partial charge in [0.25, 0.3) is 0 Å². The molecule has 2 nitrogen and oxygen atoms in total. The molecule has 2 aliphatic rings. The fourth-order valence-corrected chi connectivity index (χ4v) is 3.60. The summed E-state index contributed by atoms with van der Waals surface area (Å²) in [7, 11) is 0. The Bertz CT molecular complexity index is 205. The van der Waals surface area contributed by atoms with Gasteiger partial charge in [-0.05, 0) is 44.1 Å². The van der Waals surface area contributed by atoms with Crippen molar-refractivity contribution in [2.24, 2.45) is 17.6 Å². The van der Waals surface area contributed by atoms with E-state index in [1.807, 2.05) is 0 Å². The Morgan fingerprint density at radius 1 is 1.06 bits per heavy atom. The highest BCUT2D eigenvalue weighted by Gasteiger charge is 2.27. The van der Waals surface area contributed by atoms with Crippen molar-refractivity contribution < 1.29 is 0 Å². The second-order valence-electron chi connectivity index (χ2n) is 6.02. The van der Waals surface area contributed by atoms with Crippen molar-refractivity contribution in [2.45, 2.75) is 70.4 Å². The molecular formula is C14H28N2. The number of hydrogen-bond acceptors (Lipinski definition) is 2. The van der Waals surface area contributed by atoms with Crippen LogP contribution in [0.1, 0.15) is 58.3 Å². The second kappa shape index (κ2) is 6.02. The first-order valence-electron chi connectivity index (χ1n) is 7.25. The third-order valence-electron chi connectivity index (χ3n) is 4.60. The van der Waals surface area contributed by atoms with E-state index in [1.54, 1.807) is 0 Å². The van der Waals surface area contributed by atoms with Crippen molar-refractivity contribution in [3.05, 3.63) is 0 Å². The predicted molar refractivity (Wildman–Crippen MR) is 69.4 cm³/mol. The summed E-state index contributed by atoms with van der Waals surface area (Å²) < 4.78 is 0. The van der Waals surface area contributed by atoms with Crippen molar-refractivity contribution in [1.29, 1.82) is 0 Å². The Morgan fingerprint density at radius 2 is 1.88 bits per heavy atom. The van der Waals surface area contributed by atoms with Crippen molar-refractivity contribution in [1.82, 2.24) is 5.32 Å². The number of rotatable bonds is 3. The standard InChI is InChI=1S/C14H28N2/c1-11-5-4-7-13(9-11)16-14-8-3-2-6-12(14)10-15/h11-14,16H,2-10,15H2,1H3. The average Bonchev–Trinajstić information content (AvgIpc) is 2.30. The van der Waals surface area contributed by atoms with Gasteiger partial charge in [0.2, 0.25) is 0 Å². The molecule has 4 unspecified atom stereocenters. The molecule has 0 aromatic carbocycles. The largest absolute Gasteiger partial charge is 0.330 e. The molecular weight excluding hydrogens is 196 g/mol. The lowest BCUT2D eigenvalue weighted by atomic mass is 9.81. The molecule has 2 fully saturated rings. The lowest BCUT2D eigenvalue weighted by molar-refractivity contribution is 0.209. The van der Waals surface area contributed by atoms with Gasteiger partial charge in [0, 0.05) is 12.1 Å². The quantitative estimate of drug-likeness (QED) is 0.773. The van der Waals surface area contributed by atoms with Gasteiger partial charge in [-0.3, -0.25) is 0 Å². The molecule has 0 radical (unpaired) electrons. The summed E-state index contributed by atoms with van der Waals surface area (Å²) in [5, 5.41) is 3.91. The molecule has 4 atom stereocenters. The molecule has 0 aromatic heterocycles. The van der Waals surface area contributed by atoms with Crippen LogP contribution in [0.25, 0.3) is 0 Å². The van der Waals surface area contributed by atoms with Gasteiger partial charge < -0.3 is 11.1 Å². The zero-order valence-electron chi connectivity index (χ0n) is 10.8. The molecule has 3 N–H and O–H groups in total. The molecule has 94 valence electrons. The molecule has 2 aliphatic carbocycles. The van der Waals surface area contributed by atoms with Gasteiger partial charge in [-0.15, -0.1) is 0 Å². The molecule has 0 amide bonds. The van der Waals surface area contributed by atoms with Crippen molar-refractivity contribution >= 4 is 0 Å². The van der Waals surface area contributed by atoms with Gasteiger partial charge in [-0.25, -0.2) is 0 Å². The third kappa shape index (κ3) is 3.21. The maximum atomic E-state index is 5.89. The van der Waals surface area contributed by atoms with Crippen LogP contribution in [0.15, 0.2) is 0 Å². The predicted octanol–water partition coefficient (Wildman–Crippen LogP) is 2.67. The highest BCUT2D eigenvalue weighted by atomic mass is 15.0. The minimum atomic E-state index is 0.717. The highest BCUT2D eigenvalue weighted by Crippen LogP contribution is 2.28. The molecule has 2 rings (SSSR count). The minimum Gasteiger partial charge on any atom is -0.330 e. The summed E-state index contributed by atoms with van der Waals surface area (Å²) in [5.41, 5.74) is 5.89. The second-order valence-corrected chi connectivity index (χ2v) is 6.02. The molecule has 0 aliphatic heterocycles. The third-order valence-corrected chi connectivity index (χ3v) is 4.60. The van der Waals surface area contributed by atoms with Crippen LogP contribution in [0.4, 0.5) is 0 Å². The summed E-state index contributed by atoms with van der Waals surface area (Å²) in [6, 6.07) is 1.50. The highest BCUT2D eigenvalue weighted by molar-refractivity contribution is 4.86. The lowest BCUT2D eigenvalue weighted by Crippen LogP contribution is -2.47. The maximum absolute atomic E-state index is 5.89. The van der Waals surface area contributed by atoms with Gasteiger partial charge in [-0.2, -0.15) is 0 Å². The van der Waals surface area contributed by atoms with Gasteiger partial charge in [0.15, 0.2) is 0 Å². The smallest absolute Gasteiger partial charge is 0.0110 e. The van der Waals surface area contributed by atoms with E-state index in [4.69, 9.17) is 5.73 Å². The van der Waals surface area contributed by atoms with Crippen LogP contribution < -0.4 is 11.1 Å². The lowest BCUT2D eigenvalue weighted by Gasteiger charge is -2.37. The summed E-state index contributed by atoms with van der Waals surface area (Å²) in [5.74, 6) is 1.66. The van der Waals surface area contributed by atoms with E-state index in [0.717, 1.165) is 24.4 Å². The summed E-state index contributed by atoms with van der Waals surface area (Å²) in [4.78, 5) is 0. The topological polar surface area (TPSA) is 38.0 Å². The molecule has 0 heterocycles. The van der Waals surface area contributed by atoms with Crippen LogP contribution in [-0.2, 0) is 0 Å². The Hall–Kier alpha value is -0.0800. The molecule has 0 aromatic rings. The van der Waals surface area contributed by atoms with E-state index in [1.165, 1.54) is 51.4 Å². The number of nitrogens with one attached hydrogen (secondary N) is 1. The van der Waals surface area contributed by atoms with Crippen molar-refractivity contribution in [3.8, 4) is 0 Å². The van der Waals surface area contributed by atoms with E-state index in [0.29, 0.717) is 6.04 Å². The first-order valence-corrected chi connectivity index (χ1v) is 7.25. The first-order chi connectivity index (χ1) is 7.79. The van der Waals surface area contributed by atoms with Crippen LogP contribution in [-0.4, -0.2) is 18.6 Å². The molecule has 0 spiro atoms. The zero-order valence-corrected chi connectivity index (χ0v) is 10.8. The molecule has 0 bridgehead atoms. The van der Waals surface area contributed by atoms with Gasteiger partial charge in [0.05, 0.1) is 0 Å². The van der Waals surface area contributed by atoms with E-state index < -0.39 is 0 Å². The fraction of sp³-hybridized carbons (Fsp3) is 1.00. The van der Waals surface area contributed by atoms with E-state index in [9.17, 15) is 0 Å². The first kappa shape index (κ1) is 12.4. The zero-order chi connectivity index (χ0) is 11.4. The fourth-order valence-electron chi connectivity index (χ4n) is 3.60. The summed E-state index contributed by atoms with van der Waals surface area (Å²) in [6.45, 7) is 3.27. The van der Waals surface area contributed by atoms with Gasteiger partial charge in [0.1, 0.15) is 0 Å². The monoisotopic (exact) mass is 224 g/mol. The van der Waals surface area contributed by atoms with E-state index in [2.05, 4.69) is 12.2 Å². The van der Waals surface area contributed by atoms with Crippen LogP contribution in [0.5, 0.6) is 0 Å². The summed E-state index contributed by atoms with van der Waals surface area (Å²) in [6.07, 6.45) is 11.1. The molecule has 16 heavy (non-hydrogen) atoms. The Morgan fingerprint density at radius 3 is 2.62 bits per heavy atom. The molecule has 2 saturated carbocycles. The Kier molecular flexibility index (Phi) is 4.66. The van der Waals surface area contributed by atoms with Crippen LogP contribution >= 0.6 is 0 Å².